The van der Waals surface area contributed by atoms with Crippen molar-refractivity contribution in [3.8, 4) is 5.75 Å². The Labute approximate surface area is 141 Å². The van der Waals surface area contributed by atoms with Gasteiger partial charge in [0, 0.05) is 44.7 Å². The van der Waals surface area contributed by atoms with E-state index in [1.807, 2.05) is 31.2 Å². The summed E-state index contributed by atoms with van der Waals surface area (Å²) in [6.07, 6.45) is 0. The first-order valence-corrected chi connectivity index (χ1v) is 8.19. The molecule has 0 amide bonds. The van der Waals surface area contributed by atoms with E-state index in [0.717, 1.165) is 55.9 Å². The van der Waals surface area contributed by atoms with Crippen LogP contribution < -0.4 is 4.74 Å². The maximum absolute atomic E-state index is 5.86. The molecule has 0 N–H and O–H groups in total. The van der Waals surface area contributed by atoms with E-state index in [4.69, 9.17) is 20.9 Å². The zero-order valence-corrected chi connectivity index (χ0v) is 14.0. The van der Waals surface area contributed by atoms with Crippen LogP contribution in [-0.4, -0.2) is 59.3 Å². The summed E-state index contributed by atoms with van der Waals surface area (Å²) in [5.74, 6) is 2.25. The molecule has 1 fully saturated rings. The molecule has 0 aliphatic carbocycles. The fourth-order valence-electron chi connectivity index (χ4n) is 2.60. The highest BCUT2D eigenvalue weighted by atomic mass is 35.5. The van der Waals surface area contributed by atoms with Crippen molar-refractivity contribution in [2.45, 2.75) is 13.5 Å². The molecular formula is C16H21ClN4O2. The van der Waals surface area contributed by atoms with E-state index in [-0.39, 0.29) is 0 Å². The zero-order chi connectivity index (χ0) is 16.1. The van der Waals surface area contributed by atoms with Crippen LogP contribution in [0.1, 0.15) is 11.7 Å². The second kappa shape index (κ2) is 7.77. The molecule has 2 aromatic rings. The van der Waals surface area contributed by atoms with Crippen LogP contribution in [0.4, 0.5) is 0 Å². The highest BCUT2D eigenvalue weighted by Crippen LogP contribution is 2.15. The van der Waals surface area contributed by atoms with Crippen LogP contribution in [0.2, 0.25) is 5.02 Å². The van der Waals surface area contributed by atoms with Gasteiger partial charge in [-0.25, -0.2) is 0 Å². The molecule has 23 heavy (non-hydrogen) atoms. The van der Waals surface area contributed by atoms with Crippen LogP contribution in [0.15, 0.2) is 28.8 Å². The van der Waals surface area contributed by atoms with Crippen molar-refractivity contribution >= 4 is 11.6 Å². The van der Waals surface area contributed by atoms with Crippen molar-refractivity contribution < 1.29 is 9.26 Å². The Hall–Kier alpha value is -1.63. The normalized spacial score (nSPS) is 16.6. The van der Waals surface area contributed by atoms with Gasteiger partial charge in [0.2, 0.25) is 5.89 Å². The van der Waals surface area contributed by atoms with Gasteiger partial charge in [0.05, 0.1) is 6.54 Å². The first-order valence-electron chi connectivity index (χ1n) is 7.81. The third kappa shape index (κ3) is 4.92. The number of benzene rings is 1. The minimum atomic E-state index is 0.623. The number of ether oxygens (including phenoxy) is 1. The molecule has 1 saturated heterocycles. The molecule has 0 spiro atoms. The van der Waals surface area contributed by atoms with Gasteiger partial charge in [-0.2, -0.15) is 4.98 Å². The molecule has 0 atom stereocenters. The van der Waals surface area contributed by atoms with Crippen molar-refractivity contribution in [2.75, 3.05) is 39.3 Å². The van der Waals surface area contributed by atoms with Crippen molar-refractivity contribution in [1.29, 1.82) is 0 Å². The molecule has 7 heteroatoms. The van der Waals surface area contributed by atoms with E-state index in [9.17, 15) is 0 Å². The van der Waals surface area contributed by atoms with Gasteiger partial charge in [-0.1, -0.05) is 16.8 Å². The molecule has 1 aromatic heterocycles. The number of piperazine rings is 1. The number of halogens is 1. The first-order chi connectivity index (χ1) is 11.2. The third-order valence-corrected chi connectivity index (χ3v) is 4.14. The highest BCUT2D eigenvalue weighted by Gasteiger charge is 2.18. The average Bonchev–Trinajstić information content (AvgIpc) is 2.96. The predicted octanol–water partition coefficient (Wildman–Crippen LogP) is 2.23. The van der Waals surface area contributed by atoms with Crippen molar-refractivity contribution in [3.05, 3.63) is 41.0 Å². The summed E-state index contributed by atoms with van der Waals surface area (Å²) in [7, 11) is 0. The highest BCUT2D eigenvalue weighted by molar-refractivity contribution is 6.30. The maximum Gasteiger partial charge on any atom is 0.223 e. The largest absolute Gasteiger partial charge is 0.492 e. The van der Waals surface area contributed by atoms with Gasteiger partial charge in [-0.3, -0.25) is 9.80 Å². The average molecular weight is 337 g/mol. The standard InChI is InChI=1S/C16H21ClN4O2/c1-13-18-16(19-23-13)12-21-8-6-20(7-9-21)10-11-22-15-4-2-14(17)3-5-15/h2-5H,6-12H2,1H3. The number of hydrogen-bond acceptors (Lipinski definition) is 6. The lowest BCUT2D eigenvalue weighted by atomic mass is 10.3. The Bertz CT molecular complexity index is 609. The smallest absolute Gasteiger partial charge is 0.223 e. The Morgan fingerprint density at radius 1 is 1.13 bits per heavy atom. The quantitative estimate of drug-likeness (QED) is 0.806. The number of aromatic nitrogens is 2. The fourth-order valence-corrected chi connectivity index (χ4v) is 2.73. The van der Waals surface area contributed by atoms with Crippen LogP contribution in [0.3, 0.4) is 0 Å². The van der Waals surface area contributed by atoms with Gasteiger partial charge in [0.25, 0.3) is 0 Å². The fraction of sp³-hybridized carbons (Fsp3) is 0.500. The summed E-state index contributed by atoms with van der Waals surface area (Å²) < 4.78 is 10.7. The molecule has 0 radical (unpaired) electrons. The molecule has 3 rings (SSSR count). The summed E-state index contributed by atoms with van der Waals surface area (Å²) in [5.41, 5.74) is 0. The summed E-state index contributed by atoms with van der Waals surface area (Å²) in [6.45, 7) is 8.26. The topological polar surface area (TPSA) is 54.6 Å². The minimum absolute atomic E-state index is 0.623. The molecule has 124 valence electrons. The van der Waals surface area contributed by atoms with Crippen LogP contribution in [0.25, 0.3) is 0 Å². The lowest BCUT2D eigenvalue weighted by molar-refractivity contribution is 0.110. The van der Waals surface area contributed by atoms with Gasteiger partial charge in [-0.05, 0) is 24.3 Å². The SMILES string of the molecule is Cc1nc(CN2CCN(CCOc3ccc(Cl)cc3)CC2)no1. The molecule has 0 saturated carbocycles. The zero-order valence-electron chi connectivity index (χ0n) is 13.2. The monoisotopic (exact) mass is 336 g/mol. The molecule has 1 aliphatic heterocycles. The van der Waals surface area contributed by atoms with Gasteiger partial charge in [0.15, 0.2) is 5.82 Å². The van der Waals surface area contributed by atoms with E-state index >= 15 is 0 Å². The minimum Gasteiger partial charge on any atom is -0.492 e. The van der Waals surface area contributed by atoms with E-state index in [1.54, 1.807) is 0 Å². The number of hydrogen-bond donors (Lipinski definition) is 0. The van der Waals surface area contributed by atoms with E-state index in [1.165, 1.54) is 0 Å². The molecule has 0 bridgehead atoms. The Balaban J connectivity index is 1.35. The second-order valence-corrected chi connectivity index (χ2v) is 6.09. The van der Waals surface area contributed by atoms with Crippen LogP contribution in [-0.2, 0) is 6.54 Å². The Morgan fingerprint density at radius 3 is 2.48 bits per heavy atom. The Morgan fingerprint density at radius 2 is 1.83 bits per heavy atom. The van der Waals surface area contributed by atoms with E-state index < -0.39 is 0 Å². The van der Waals surface area contributed by atoms with Gasteiger partial charge in [-0.15, -0.1) is 0 Å². The van der Waals surface area contributed by atoms with Crippen LogP contribution in [0.5, 0.6) is 5.75 Å². The maximum atomic E-state index is 5.86. The van der Waals surface area contributed by atoms with Crippen LogP contribution in [0, 0.1) is 6.92 Å². The summed E-state index contributed by atoms with van der Waals surface area (Å²) in [5, 5.41) is 4.67. The summed E-state index contributed by atoms with van der Waals surface area (Å²) in [6, 6.07) is 7.48. The summed E-state index contributed by atoms with van der Waals surface area (Å²) in [4.78, 5) is 9.01. The molecule has 1 aliphatic rings. The van der Waals surface area contributed by atoms with Gasteiger partial charge < -0.3 is 9.26 Å². The van der Waals surface area contributed by atoms with E-state index in [2.05, 4.69) is 19.9 Å². The predicted molar refractivity (Wildman–Crippen MR) is 87.7 cm³/mol. The van der Waals surface area contributed by atoms with E-state index in [0.29, 0.717) is 12.5 Å². The Kier molecular flexibility index (Phi) is 5.48. The first kappa shape index (κ1) is 16.2. The number of rotatable bonds is 6. The second-order valence-electron chi connectivity index (χ2n) is 5.65. The molecular weight excluding hydrogens is 316 g/mol. The third-order valence-electron chi connectivity index (χ3n) is 3.89. The van der Waals surface area contributed by atoms with Crippen molar-refractivity contribution in [2.24, 2.45) is 0 Å². The number of aryl methyl sites for hydroxylation is 1. The van der Waals surface area contributed by atoms with Gasteiger partial charge >= 0.3 is 0 Å². The van der Waals surface area contributed by atoms with Crippen molar-refractivity contribution in [3.63, 3.8) is 0 Å². The number of nitrogens with zero attached hydrogens (tertiary/aromatic N) is 4. The summed E-state index contributed by atoms with van der Waals surface area (Å²) >= 11 is 5.86. The molecule has 1 aromatic carbocycles. The molecule has 0 unspecified atom stereocenters. The van der Waals surface area contributed by atoms with Crippen molar-refractivity contribution in [1.82, 2.24) is 19.9 Å². The lowest BCUT2D eigenvalue weighted by Crippen LogP contribution is -2.47. The van der Waals surface area contributed by atoms with Gasteiger partial charge in [0.1, 0.15) is 12.4 Å². The van der Waals surface area contributed by atoms with Crippen LogP contribution >= 0.6 is 11.6 Å². The molecule has 2 heterocycles. The molecule has 6 nitrogen and oxygen atoms in total. The lowest BCUT2D eigenvalue weighted by Gasteiger charge is -2.33.